The van der Waals surface area contributed by atoms with Crippen molar-refractivity contribution in [2.45, 2.75) is 24.4 Å². The number of aromatic nitrogens is 2. The summed E-state index contributed by atoms with van der Waals surface area (Å²) >= 11 is 1.54. The third-order valence-electron chi connectivity index (χ3n) is 4.87. The Morgan fingerprint density at radius 3 is 2.65 bits per heavy atom. The quantitative estimate of drug-likeness (QED) is 0.592. The molecule has 2 aliphatic heterocycles. The number of likely N-dealkylation sites (tertiary alicyclic amines) is 1. The second-order valence-corrected chi connectivity index (χ2v) is 7.69. The molecule has 4 rings (SSSR count). The Labute approximate surface area is 157 Å². The molecular weight excluding hydrogens is 348 g/mol. The van der Waals surface area contributed by atoms with Gasteiger partial charge in [-0.25, -0.2) is 9.97 Å². The normalized spacial score (nSPS) is 18.5. The van der Waals surface area contributed by atoms with Gasteiger partial charge in [-0.3, -0.25) is 9.69 Å². The molecule has 0 unspecified atom stereocenters. The lowest BCUT2D eigenvalue weighted by Gasteiger charge is -2.26. The highest BCUT2D eigenvalue weighted by Crippen LogP contribution is 2.26. The lowest BCUT2D eigenvalue weighted by Crippen LogP contribution is -2.36. The van der Waals surface area contributed by atoms with Crippen LogP contribution < -0.4 is 0 Å². The molecule has 0 spiro atoms. The Hall–Kier alpha value is -1.70. The third-order valence-corrected chi connectivity index (χ3v) is 5.85. The van der Waals surface area contributed by atoms with E-state index < -0.39 is 0 Å². The van der Waals surface area contributed by atoms with Gasteiger partial charge in [0, 0.05) is 31.6 Å². The number of carbonyl (C=O) groups is 1. The summed E-state index contributed by atoms with van der Waals surface area (Å²) in [6.45, 7) is 5.86. The summed E-state index contributed by atoms with van der Waals surface area (Å²) < 4.78 is 5.42. The monoisotopic (exact) mass is 372 g/mol. The fraction of sp³-hybridized carbons (Fsp3) is 0.526. The minimum atomic E-state index is 0.213. The van der Waals surface area contributed by atoms with Gasteiger partial charge in [-0.15, -0.1) is 0 Å². The van der Waals surface area contributed by atoms with Crippen LogP contribution in [-0.4, -0.2) is 70.8 Å². The smallest absolute Gasteiger partial charge is 0.232 e. The van der Waals surface area contributed by atoms with Crippen LogP contribution in [0.4, 0.5) is 0 Å². The molecule has 6 nitrogen and oxygen atoms in total. The molecule has 1 aromatic heterocycles. The highest BCUT2D eigenvalue weighted by atomic mass is 32.2. The number of amides is 1. The largest absolute Gasteiger partial charge is 0.379 e. The van der Waals surface area contributed by atoms with Crippen molar-refractivity contribution in [2.24, 2.45) is 0 Å². The number of thioether (sulfide) groups is 1. The van der Waals surface area contributed by atoms with E-state index in [0.29, 0.717) is 5.75 Å². The molecule has 0 radical (unpaired) electrons. The van der Waals surface area contributed by atoms with Crippen molar-refractivity contribution >= 4 is 28.6 Å². The molecule has 0 saturated carbocycles. The fourth-order valence-electron chi connectivity index (χ4n) is 3.42. The van der Waals surface area contributed by atoms with Crippen LogP contribution in [0.15, 0.2) is 29.3 Å². The summed E-state index contributed by atoms with van der Waals surface area (Å²) in [6, 6.07) is 8.06. The van der Waals surface area contributed by atoms with Crippen molar-refractivity contribution in [2.75, 3.05) is 45.1 Å². The van der Waals surface area contributed by atoms with Crippen molar-refractivity contribution in [1.29, 1.82) is 0 Å². The summed E-state index contributed by atoms with van der Waals surface area (Å²) in [5, 5.41) is 1.93. The van der Waals surface area contributed by atoms with Gasteiger partial charge in [0.15, 0.2) is 0 Å². The van der Waals surface area contributed by atoms with Gasteiger partial charge in [0.1, 0.15) is 10.9 Å². The van der Waals surface area contributed by atoms with Gasteiger partial charge >= 0.3 is 0 Å². The number of nitrogens with zero attached hydrogens (tertiary/aromatic N) is 4. The van der Waals surface area contributed by atoms with Crippen LogP contribution in [0.2, 0.25) is 0 Å². The van der Waals surface area contributed by atoms with Gasteiger partial charge in [-0.05, 0) is 18.9 Å². The molecule has 1 aromatic carbocycles. The van der Waals surface area contributed by atoms with Crippen molar-refractivity contribution in [3.8, 4) is 0 Å². The topological polar surface area (TPSA) is 58.6 Å². The zero-order chi connectivity index (χ0) is 17.8. The van der Waals surface area contributed by atoms with E-state index in [-0.39, 0.29) is 5.91 Å². The average molecular weight is 372 g/mol. The first-order valence-electron chi connectivity index (χ1n) is 9.26. The fourth-order valence-corrected chi connectivity index (χ4v) is 4.36. The van der Waals surface area contributed by atoms with E-state index in [0.717, 1.165) is 80.5 Å². The molecule has 0 aliphatic carbocycles. The minimum Gasteiger partial charge on any atom is -0.379 e. The van der Waals surface area contributed by atoms with Gasteiger partial charge in [0.2, 0.25) is 5.91 Å². The van der Waals surface area contributed by atoms with E-state index in [1.54, 1.807) is 0 Å². The zero-order valence-corrected chi connectivity index (χ0v) is 15.7. The first-order chi connectivity index (χ1) is 12.8. The molecule has 0 N–H and O–H groups in total. The first-order valence-corrected chi connectivity index (χ1v) is 10.2. The number of para-hydroxylation sites is 1. The van der Waals surface area contributed by atoms with Crippen molar-refractivity contribution in [3.05, 3.63) is 30.1 Å². The lowest BCUT2D eigenvalue weighted by molar-refractivity contribution is -0.127. The number of hydrogen-bond donors (Lipinski definition) is 0. The Kier molecular flexibility index (Phi) is 5.67. The van der Waals surface area contributed by atoms with Crippen molar-refractivity contribution in [3.63, 3.8) is 0 Å². The highest BCUT2D eigenvalue weighted by molar-refractivity contribution is 8.00. The third kappa shape index (κ3) is 4.16. The minimum absolute atomic E-state index is 0.213. The van der Waals surface area contributed by atoms with E-state index in [4.69, 9.17) is 14.7 Å². The number of carbonyl (C=O) groups excluding carboxylic acids is 1. The molecule has 0 atom stereocenters. The standard InChI is InChI=1S/C19H24N4O2S/c24-18(23-7-3-4-8-23)14-26-19-15-5-1-2-6-16(15)20-17(21-19)13-22-9-11-25-12-10-22/h1-2,5-6H,3-4,7-14H2. The Bertz CT molecular complexity index is 773. The van der Waals surface area contributed by atoms with Crippen LogP contribution in [-0.2, 0) is 16.1 Å². The van der Waals surface area contributed by atoms with Crippen LogP contribution in [0.3, 0.4) is 0 Å². The van der Waals surface area contributed by atoms with Crippen LogP contribution in [0.1, 0.15) is 18.7 Å². The molecule has 7 heteroatoms. The first kappa shape index (κ1) is 17.7. The van der Waals surface area contributed by atoms with E-state index in [1.165, 1.54) is 11.8 Å². The predicted octanol–water partition coefficient (Wildman–Crippen LogP) is 2.18. The molecule has 3 heterocycles. The molecule has 26 heavy (non-hydrogen) atoms. The van der Waals surface area contributed by atoms with Crippen LogP contribution >= 0.6 is 11.8 Å². The number of benzene rings is 1. The highest BCUT2D eigenvalue weighted by Gasteiger charge is 2.19. The SMILES string of the molecule is O=C(CSc1nc(CN2CCOCC2)nc2ccccc12)N1CCCC1. The summed E-state index contributed by atoms with van der Waals surface area (Å²) in [5.41, 5.74) is 0.946. The summed E-state index contributed by atoms with van der Waals surface area (Å²) in [6.07, 6.45) is 2.24. The molecular formula is C19H24N4O2S. The second kappa shape index (κ2) is 8.33. The van der Waals surface area contributed by atoms with E-state index >= 15 is 0 Å². The van der Waals surface area contributed by atoms with E-state index in [1.807, 2.05) is 29.2 Å². The number of ether oxygens (including phenoxy) is 1. The predicted molar refractivity (Wildman–Crippen MR) is 102 cm³/mol. The van der Waals surface area contributed by atoms with Crippen molar-refractivity contribution < 1.29 is 9.53 Å². The average Bonchev–Trinajstić information content (AvgIpc) is 3.21. The lowest BCUT2D eigenvalue weighted by atomic mass is 10.2. The Morgan fingerprint density at radius 1 is 1.08 bits per heavy atom. The second-order valence-electron chi connectivity index (χ2n) is 6.73. The van der Waals surface area contributed by atoms with Crippen molar-refractivity contribution in [1.82, 2.24) is 19.8 Å². The maximum Gasteiger partial charge on any atom is 0.232 e. The maximum absolute atomic E-state index is 12.4. The van der Waals surface area contributed by atoms with Gasteiger partial charge in [-0.2, -0.15) is 0 Å². The zero-order valence-electron chi connectivity index (χ0n) is 14.9. The van der Waals surface area contributed by atoms with Crippen LogP contribution in [0.5, 0.6) is 0 Å². The van der Waals surface area contributed by atoms with Gasteiger partial charge < -0.3 is 9.64 Å². The summed E-state index contributed by atoms with van der Waals surface area (Å²) in [7, 11) is 0. The Balaban J connectivity index is 1.52. The van der Waals surface area contributed by atoms with Crippen LogP contribution in [0.25, 0.3) is 10.9 Å². The number of morpholine rings is 1. The molecule has 138 valence electrons. The molecule has 1 amide bonds. The van der Waals surface area contributed by atoms with Crippen LogP contribution in [0, 0.1) is 0 Å². The van der Waals surface area contributed by atoms with E-state index in [9.17, 15) is 4.79 Å². The molecule has 0 bridgehead atoms. The molecule has 2 aliphatic rings. The molecule has 2 saturated heterocycles. The number of rotatable bonds is 5. The van der Waals surface area contributed by atoms with Gasteiger partial charge in [0.05, 0.1) is 31.0 Å². The number of hydrogen-bond acceptors (Lipinski definition) is 6. The summed E-state index contributed by atoms with van der Waals surface area (Å²) in [4.78, 5) is 26.2. The summed E-state index contributed by atoms with van der Waals surface area (Å²) in [5.74, 6) is 1.48. The van der Waals surface area contributed by atoms with Gasteiger partial charge in [0.25, 0.3) is 0 Å². The Morgan fingerprint density at radius 2 is 1.85 bits per heavy atom. The molecule has 2 aromatic rings. The number of fused-ring (bicyclic) bond motifs is 1. The van der Waals surface area contributed by atoms with Gasteiger partial charge in [-0.1, -0.05) is 30.0 Å². The molecule has 2 fully saturated rings. The van der Waals surface area contributed by atoms with E-state index in [2.05, 4.69) is 4.90 Å². The maximum atomic E-state index is 12.4.